The van der Waals surface area contributed by atoms with E-state index in [1.54, 1.807) is 18.3 Å². The van der Waals surface area contributed by atoms with E-state index in [0.717, 1.165) is 12.8 Å². The molecule has 0 unspecified atom stereocenters. The van der Waals surface area contributed by atoms with Crippen LogP contribution < -0.4 is 11.1 Å². The van der Waals surface area contributed by atoms with E-state index in [-0.39, 0.29) is 11.5 Å². The molecule has 1 aliphatic rings. The highest BCUT2D eigenvalue weighted by Gasteiger charge is 2.32. The molecule has 1 aromatic heterocycles. The molecule has 1 fully saturated rings. The van der Waals surface area contributed by atoms with Crippen LogP contribution in [0.5, 0.6) is 0 Å². The van der Waals surface area contributed by atoms with E-state index in [4.69, 9.17) is 10.5 Å². The Hall–Kier alpha value is -1.62. The Morgan fingerprint density at radius 2 is 2.41 bits per heavy atom. The number of methoxy groups -OCH3 is 1. The maximum Gasteiger partial charge on any atom is 0.341 e. The SMILES string of the molecule is COC(=O)c1cccnc1NCC1(N)CCC1. The molecule has 0 bridgehead atoms. The lowest BCUT2D eigenvalue weighted by Gasteiger charge is -2.38. The molecule has 1 aliphatic carbocycles. The van der Waals surface area contributed by atoms with Gasteiger partial charge in [-0.05, 0) is 31.4 Å². The molecule has 17 heavy (non-hydrogen) atoms. The van der Waals surface area contributed by atoms with Gasteiger partial charge in [0.25, 0.3) is 0 Å². The second-order valence-corrected chi connectivity index (χ2v) is 4.46. The van der Waals surface area contributed by atoms with E-state index < -0.39 is 0 Å². The average molecular weight is 235 g/mol. The number of hydrogen-bond acceptors (Lipinski definition) is 5. The van der Waals surface area contributed by atoms with Gasteiger partial charge < -0.3 is 15.8 Å². The summed E-state index contributed by atoms with van der Waals surface area (Å²) in [7, 11) is 1.36. The van der Waals surface area contributed by atoms with E-state index in [1.165, 1.54) is 13.5 Å². The molecular formula is C12H17N3O2. The number of nitrogens with one attached hydrogen (secondary N) is 1. The van der Waals surface area contributed by atoms with E-state index >= 15 is 0 Å². The van der Waals surface area contributed by atoms with Crippen LogP contribution in [0.2, 0.25) is 0 Å². The van der Waals surface area contributed by atoms with Gasteiger partial charge in [-0.1, -0.05) is 0 Å². The zero-order valence-electron chi connectivity index (χ0n) is 9.90. The summed E-state index contributed by atoms with van der Waals surface area (Å²) in [5, 5.41) is 3.13. The average Bonchev–Trinajstić information content (AvgIpc) is 2.33. The molecule has 0 amide bonds. The number of anilines is 1. The van der Waals surface area contributed by atoms with Crippen LogP contribution in [-0.2, 0) is 4.74 Å². The van der Waals surface area contributed by atoms with Crippen LogP contribution in [0.4, 0.5) is 5.82 Å². The highest BCUT2D eigenvalue weighted by Crippen LogP contribution is 2.29. The summed E-state index contributed by atoms with van der Waals surface area (Å²) in [5.74, 6) is 0.149. The number of ether oxygens (including phenoxy) is 1. The van der Waals surface area contributed by atoms with Gasteiger partial charge in [0.05, 0.1) is 7.11 Å². The first-order valence-electron chi connectivity index (χ1n) is 5.71. The third-order valence-corrected chi connectivity index (χ3v) is 3.17. The maximum absolute atomic E-state index is 11.5. The fraction of sp³-hybridized carbons (Fsp3) is 0.500. The standard InChI is InChI=1S/C12H17N3O2/c1-17-11(16)9-4-2-7-14-10(9)15-8-12(13)5-3-6-12/h2,4,7H,3,5-6,8,13H2,1H3,(H,14,15). The van der Waals surface area contributed by atoms with E-state index in [2.05, 4.69) is 10.3 Å². The number of pyridine rings is 1. The topological polar surface area (TPSA) is 77.2 Å². The lowest BCUT2D eigenvalue weighted by Crippen LogP contribution is -2.52. The summed E-state index contributed by atoms with van der Waals surface area (Å²) in [6.45, 7) is 0.633. The van der Waals surface area contributed by atoms with E-state index in [9.17, 15) is 4.79 Å². The number of carbonyl (C=O) groups is 1. The fourth-order valence-corrected chi connectivity index (χ4v) is 1.89. The van der Waals surface area contributed by atoms with Gasteiger partial charge in [-0.2, -0.15) is 0 Å². The van der Waals surface area contributed by atoms with Gasteiger partial charge in [0.1, 0.15) is 11.4 Å². The Labute approximate surface area is 100 Å². The Morgan fingerprint density at radius 3 is 3.00 bits per heavy atom. The molecular weight excluding hydrogens is 218 g/mol. The third kappa shape index (κ3) is 2.55. The lowest BCUT2D eigenvalue weighted by atomic mass is 9.78. The molecule has 0 saturated heterocycles. The van der Waals surface area contributed by atoms with Crippen molar-refractivity contribution in [2.24, 2.45) is 5.73 Å². The van der Waals surface area contributed by atoms with Crippen LogP contribution in [0.25, 0.3) is 0 Å². The van der Waals surface area contributed by atoms with Gasteiger partial charge in [-0.25, -0.2) is 9.78 Å². The highest BCUT2D eigenvalue weighted by atomic mass is 16.5. The van der Waals surface area contributed by atoms with Crippen molar-refractivity contribution in [3.63, 3.8) is 0 Å². The molecule has 2 rings (SSSR count). The first kappa shape index (κ1) is 11.9. The summed E-state index contributed by atoms with van der Waals surface area (Å²) >= 11 is 0. The van der Waals surface area contributed by atoms with Crippen molar-refractivity contribution in [1.82, 2.24) is 4.98 Å². The number of aromatic nitrogens is 1. The molecule has 0 aromatic carbocycles. The Bertz CT molecular complexity index is 416. The smallest absolute Gasteiger partial charge is 0.341 e. The Kier molecular flexibility index (Phi) is 3.28. The number of nitrogens with two attached hydrogens (primary N) is 1. The van der Waals surface area contributed by atoms with Crippen molar-refractivity contribution in [2.75, 3.05) is 19.0 Å². The predicted molar refractivity (Wildman–Crippen MR) is 64.8 cm³/mol. The normalized spacial score (nSPS) is 17.1. The first-order chi connectivity index (χ1) is 8.14. The predicted octanol–water partition coefficient (Wildman–Crippen LogP) is 1.16. The molecule has 92 valence electrons. The molecule has 5 nitrogen and oxygen atoms in total. The second kappa shape index (κ2) is 4.71. The van der Waals surface area contributed by atoms with Crippen LogP contribution in [-0.4, -0.2) is 30.1 Å². The molecule has 1 saturated carbocycles. The zero-order valence-corrected chi connectivity index (χ0v) is 9.90. The van der Waals surface area contributed by atoms with Crippen LogP contribution in [0.3, 0.4) is 0 Å². The van der Waals surface area contributed by atoms with Gasteiger partial charge in [0.2, 0.25) is 0 Å². The monoisotopic (exact) mass is 235 g/mol. The van der Waals surface area contributed by atoms with Crippen LogP contribution >= 0.6 is 0 Å². The van der Waals surface area contributed by atoms with Crippen LogP contribution in [0.1, 0.15) is 29.6 Å². The molecule has 0 radical (unpaired) electrons. The summed E-state index contributed by atoms with van der Waals surface area (Å²) in [4.78, 5) is 15.7. The van der Waals surface area contributed by atoms with Crippen LogP contribution in [0.15, 0.2) is 18.3 Å². The molecule has 5 heteroatoms. The molecule has 0 aliphatic heterocycles. The first-order valence-corrected chi connectivity index (χ1v) is 5.71. The Balaban J connectivity index is 2.07. The largest absolute Gasteiger partial charge is 0.465 e. The number of rotatable bonds is 4. The second-order valence-electron chi connectivity index (χ2n) is 4.46. The summed E-state index contributed by atoms with van der Waals surface area (Å²) in [6, 6.07) is 3.39. The number of esters is 1. The lowest BCUT2D eigenvalue weighted by molar-refractivity contribution is 0.0601. The molecule has 0 atom stereocenters. The van der Waals surface area contributed by atoms with Crippen molar-refractivity contribution in [3.05, 3.63) is 23.9 Å². The van der Waals surface area contributed by atoms with Crippen molar-refractivity contribution < 1.29 is 9.53 Å². The third-order valence-electron chi connectivity index (χ3n) is 3.17. The zero-order chi connectivity index (χ0) is 12.3. The molecule has 1 aromatic rings. The quantitative estimate of drug-likeness (QED) is 0.766. The molecule has 3 N–H and O–H groups in total. The van der Waals surface area contributed by atoms with Gasteiger partial charge in [0, 0.05) is 18.3 Å². The summed E-state index contributed by atoms with van der Waals surface area (Å²) in [5.41, 5.74) is 6.40. The molecule has 0 spiro atoms. The summed E-state index contributed by atoms with van der Waals surface area (Å²) < 4.78 is 4.70. The van der Waals surface area contributed by atoms with Crippen molar-refractivity contribution >= 4 is 11.8 Å². The van der Waals surface area contributed by atoms with Gasteiger partial charge in [-0.3, -0.25) is 0 Å². The minimum atomic E-state index is -0.389. The van der Waals surface area contributed by atoms with E-state index in [0.29, 0.717) is 17.9 Å². The van der Waals surface area contributed by atoms with Crippen molar-refractivity contribution in [1.29, 1.82) is 0 Å². The minimum absolute atomic E-state index is 0.148. The van der Waals surface area contributed by atoms with Crippen molar-refractivity contribution in [2.45, 2.75) is 24.8 Å². The van der Waals surface area contributed by atoms with Crippen molar-refractivity contribution in [3.8, 4) is 0 Å². The van der Waals surface area contributed by atoms with Gasteiger partial charge >= 0.3 is 5.97 Å². The van der Waals surface area contributed by atoms with E-state index in [1.807, 2.05) is 0 Å². The highest BCUT2D eigenvalue weighted by molar-refractivity contribution is 5.94. The summed E-state index contributed by atoms with van der Waals surface area (Å²) in [6.07, 6.45) is 4.84. The minimum Gasteiger partial charge on any atom is -0.465 e. The maximum atomic E-state index is 11.5. The van der Waals surface area contributed by atoms with Gasteiger partial charge in [0.15, 0.2) is 0 Å². The number of nitrogens with zero attached hydrogens (tertiary/aromatic N) is 1. The number of hydrogen-bond donors (Lipinski definition) is 2. The number of carbonyl (C=O) groups excluding carboxylic acids is 1. The molecule has 1 heterocycles. The fourth-order valence-electron chi connectivity index (χ4n) is 1.89. The van der Waals surface area contributed by atoms with Gasteiger partial charge in [-0.15, -0.1) is 0 Å². The Morgan fingerprint density at radius 1 is 1.65 bits per heavy atom. The van der Waals surface area contributed by atoms with Crippen LogP contribution in [0, 0.1) is 0 Å².